The van der Waals surface area contributed by atoms with Crippen molar-refractivity contribution in [3.05, 3.63) is 46.0 Å². The Labute approximate surface area is 130 Å². The van der Waals surface area contributed by atoms with Crippen LogP contribution in [0.15, 0.2) is 33.3 Å². The lowest BCUT2D eigenvalue weighted by molar-refractivity contribution is -0.146. The molecule has 1 saturated carbocycles. The Kier molecular flexibility index (Phi) is 3.80. The van der Waals surface area contributed by atoms with Crippen molar-refractivity contribution in [2.75, 3.05) is 6.61 Å². The van der Waals surface area contributed by atoms with E-state index in [1.165, 1.54) is 0 Å². The van der Waals surface area contributed by atoms with Crippen LogP contribution in [-0.4, -0.2) is 22.7 Å². The Morgan fingerprint density at radius 3 is 2.86 bits per heavy atom. The number of carbonyl (C=O) groups excluding carboxylic acids is 1. The molecule has 0 aliphatic heterocycles. The van der Waals surface area contributed by atoms with Crippen LogP contribution in [0.5, 0.6) is 0 Å². The molecular weight excluding hydrogens is 336 g/mol. The number of carbonyl (C=O) groups is 1. The molecule has 21 heavy (non-hydrogen) atoms. The molecule has 110 valence electrons. The summed E-state index contributed by atoms with van der Waals surface area (Å²) in [4.78, 5) is 16.4. The Bertz CT molecular complexity index is 664. The maximum Gasteiger partial charge on any atom is 0.321 e. The third kappa shape index (κ3) is 2.72. The first-order chi connectivity index (χ1) is 10.2. The zero-order valence-electron chi connectivity index (χ0n) is 11.6. The van der Waals surface area contributed by atoms with E-state index >= 15 is 0 Å². The molecule has 0 bridgehead atoms. The Hall–Kier alpha value is -1.69. The molecule has 1 fully saturated rings. The first kappa shape index (κ1) is 14.3. The van der Waals surface area contributed by atoms with Gasteiger partial charge in [0.1, 0.15) is 5.41 Å². The third-order valence-electron chi connectivity index (χ3n) is 3.60. The van der Waals surface area contributed by atoms with Crippen LogP contribution < -0.4 is 0 Å². The van der Waals surface area contributed by atoms with Crippen molar-refractivity contribution in [2.45, 2.75) is 31.6 Å². The number of rotatable bonds is 5. The zero-order valence-corrected chi connectivity index (χ0v) is 13.2. The molecular formula is C15H15BrN2O3. The molecule has 1 aliphatic rings. The second kappa shape index (κ2) is 5.60. The molecule has 0 spiro atoms. The summed E-state index contributed by atoms with van der Waals surface area (Å²) in [5.41, 5.74) is 0.376. The second-order valence-electron chi connectivity index (χ2n) is 5.09. The molecule has 0 radical (unpaired) electrons. The fourth-order valence-corrected chi connectivity index (χ4v) is 2.66. The van der Waals surface area contributed by atoms with E-state index in [-0.39, 0.29) is 5.97 Å². The van der Waals surface area contributed by atoms with Gasteiger partial charge in [-0.1, -0.05) is 39.3 Å². The van der Waals surface area contributed by atoms with Crippen LogP contribution in [0.4, 0.5) is 0 Å². The van der Waals surface area contributed by atoms with Crippen molar-refractivity contribution >= 4 is 21.9 Å². The van der Waals surface area contributed by atoms with Crippen molar-refractivity contribution in [1.82, 2.24) is 10.1 Å². The standard InChI is InChI=1S/C15H15BrN2O3/c1-2-20-14(19)15(7-8-15)13-17-12(18-21-13)9-10-5-3-4-6-11(10)16/h3-6H,2,7-9H2,1H3. The molecule has 0 N–H and O–H groups in total. The first-order valence-electron chi connectivity index (χ1n) is 6.89. The molecule has 6 heteroatoms. The molecule has 3 rings (SSSR count). The molecule has 2 aromatic rings. The molecule has 1 aromatic carbocycles. The van der Waals surface area contributed by atoms with Gasteiger partial charge in [0.2, 0.25) is 5.89 Å². The van der Waals surface area contributed by atoms with Crippen molar-refractivity contribution in [1.29, 1.82) is 0 Å². The summed E-state index contributed by atoms with van der Waals surface area (Å²) in [5.74, 6) is 0.691. The van der Waals surface area contributed by atoms with Gasteiger partial charge in [0.05, 0.1) is 6.61 Å². The van der Waals surface area contributed by atoms with Gasteiger partial charge in [0.25, 0.3) is 0 Å². The monoisotopic (exact) mass is 350 g/mol. The molecule has 0 saturated heterocycles. The van der Waals surface area contributed by atoms with Crippen LogP contribution in [0.3, 0.4) is 0 Å². The number of hydrogen-bond donors (Lipinski definition) is 0. The van der Waals surface area contributed by atoms with E-state index in [4.69, 9.17) is 9.26 Å². The van der Waals surface area contributed by atoms with Crippen LogP contribution in [0.1, 0.15) is 37.0 Å². The topological polar surface area (TPSA) is 65.2 Å². The van der Waals surface area contributed by atoms with E-state index in [0.29, 0.717) is 37.6 Å². The van der Waals surface area contributed by atoms with Gasteiger partial charge in [-0.05, 0) is 31.4 Å². The summed E-state index contributed by atoms with van der Waals surface area (Å²) in [6.07, 6.45) is 1.98. The van der Waals surface area contributed by atoms with Crippen LogP contribution in [-0.2, 0) is 21.4 Å². The number of hydrogen-bond acceptors (Lipinski definition) is 5. The van der Waals surface area contributed by atoms with Crippen LogP contribution in [0, 0.1) is 0 Å². The van der Waals surface area contributed by atoms with E-state index in [1.54, 1.807) is 6.92 Å². The predicted molar refractivity (Wildman–Crippen MR) is 78.8 cm³/mol. The van der Waals surface area contributed by atoms with Crippen molar-refractivity contribution in [2.24, 2.45) is 0 Å². The summed E-state index contributed by atoms with van der Waals surface area (Å²) < 4.78 is 11.4. The summed E-state index contributed by atoms with van der Waals surface area (Å²) >= 11 is 3.50. The minimum atomic E-state index is -0.699. The van der Waals surface area contributed by atoms with Crippen molar-refractivity contribution in [3.63, 3.8) is 0 Å². The SMILES string of the molecule is CCOC(=O)C1(c2nc(Cc3ccccc3Br)no2)CC1. The summed E-state index contributed by atoms with van der Waals surface area (Å²) in [7, 11) is 0. The highest BCUT2D eigenvalue weighted by Gasteiger charge is 2.57. The smallest absolute Gasteiger partial charge is 0.321 e. The first-order valence-corrected chi connectivity index (χ1v) is 7.69. The minimum absolute atomic E-state index is 0.263. The Morgan fingerprint density at radius 1 is 1.43 bits per heavy atom. The van der Waals surface area contributed by atoms with Gasteiger partial charge in [-0.25, -0.2) is 0 Å². The average molecular weight is 351 g/mol. The summed E-state index contributed by atoms with van der Waals surface area (Å²) in [6.45, 7) is 2.15. The van der Waals surface area contributed by atoms with Gasteiger partial charge < -0.3 is 9.26 Å². The van der Waals surface area contributed by atoms with E-state index in [9.17, 15) is 4.79 Å². The summed E-state index contributed by atoms with van der Waals surface area (Å²) in [5, 5.41) is 3.99. The Morgan fingerprint density at radius 2 is 2.19 bits per heavy atom. The van der Waals surface area contributed by atoms with Crippen LogP contribution in [0.2, 0.25) is 0 Å². The third-order valence-corrected chi connectivity index (χ3v) is 4.37. The summed E-state index contributed by atoms with van der Waals surface area (Å²) in [6, 6.07) is 7.88. The number of ether oxygens (including phenoxy) is 1. The minimum Gasteiger partial charge on any atom is -0.465 e. The number of benzene rings is 1. The zero-order chi connectivity index (χ0) is 14.9. The molecule has 0 amide bonds. The van der Waals surface area contributed by atoms with E-state index < -0.39 is 5.41 Å². The lowest BCUT2D eigenvalue weighted by atomic mass is 10.1. The van der Waals surface area contributed by atoms with Crippen molar-refractivity contribution < 1.29 is 14.1 Å². The highest BCUT2D eigenvalue weighted by molar-refractivity contribution is 9.10. The number of nitrogens with zero attached hydrogens (tertiary/aromatic N) is 2. The fraction of sp³-hybridized carbons (Fsp3) is 0.400. The molecule has 1 heterocycles. The van der Waals surface area contributed by atoms with E-state index in [0.717, 1.165) is 10.0 Å². The second-order valence-corrected chi connectivity index (χ2v) is 5.94. The lowest BCUT2D eigenvalue weighted by Gasteiger charge is -2.08. The van der Waals surface area contributed by atoms with Gasteiger partial charge in [-0.2, -0.15) is 4.98 Å². The number of aromatic nitrogens is 2. The van der Waals surface area contributed by atoms with Crippen molar-refractivity contribution in [3.8, 4) is 0 Å². The van der Waals surface area contributed by atoms with Gasteiger partial charge in [-0.3, -0.25) is 4.79 Å². The number of esters is 1. The average Bonchev–Trinajstić information content (AvgIpc) is 3.16. The maximum atomic E-state index is 12.0. The van der Waals surface area contributed by atoms with Gasteiger partial charge in [-0.15, -0.1) is 0 Å². The van der Waals surface area contributed by atoms with Gasteiger partial charge >= 0.3 is 5.97 Å². The Balaban J connectivity index is 1.78. The highest BCUT2D eigenvalue weighted by atomic mass is 79.9. The maximum absolute atomic E-state index is 12.0. The number of halogens is 1. The molecule has 1 aromatic heterocycles. The normalized spacial score (nSPS) is 15.7. The van der Waals surface area contributed by atoms with E-state index in [1.807, 2.05) is 24.3 Å². The lowest BCUT2D eigenvalue weighted by Crippen LogP contribution is -2.23. The van der Waals surface area contributed by atoms with Crippen LogP contribution in [0.25, 0.3) is 0 Å². The highest BCUT2D eigenvalue weighted by Crippen LogP contribution is 2.48. The molecule has 1 aliphatic carbocycles. The molecule has 0 atom stereocenters. The molecule has 0 unspecified atom stereocenters. The quantitative estimate of drug-likeness (QED) is 0.775. The van der Waals surface area contributed by atoms with Gasteiger partial charge in [0, 0.05) is 10.9 Å². The predicted octanol–water partition coefficient (Wildman–Crippen LogP) is 3.02. The van der Waals surface area contributed by atoms with Gasteiger partial charge in [0.15, 0.2) is 5.82 Å². The largest absolute Gasteiger partial charge is 0.465 e. The fourth-order valence-electron chi connectivity index (χ4n) is 2.23. The van der Waals surface area contributed by atoms with E-state index in [2.05, 4.69) is 26.1 Å². The molecule has 5 nitrogen and oxygen atoms in total. The van der Waals surface area contributed by atoms with Crippen LogP contribution >= 0.6 is 15.9 Å².